The van der Waals surface area contributed by atoms with Crippen LogP contribution in [0.2, 0.25) is 0 Å². The molecule has 0 atom stereocenters. The Kier molecular flexibility index (Phi) is 5.72. The van der Waals surface area contributed by atoms with Crippen molar-refractivity contribution in [3.8, 4) is 0 Å². The maximum Gasteiger partial charge on any atom is 0.253 e. The number of thioether (sulfide) groups is 1. The maximum absolute atomic E-state index is 12.5. The summed E-state index contributed by atoms with van der Waals surface area (Å²) >= 11 is 1.80. The molecule has 1 aliphatic heterocycles. The zero-order chi connectivity index (χ0) is 15.9. The lowest BCUT2D eigenvalue weighted by Gasteiger charge is -2.20. The summed E-state index contributed by atoms with van der Waals surface area (Å²) in [5.74, 6) is 1.10. The van der Waals surface area contributed by atoms with Crippen LogP contribution in [0.25, 0.3) is 0 Å². The number of benzene rings is 2. The number of carbonyl (C=O) groups is 1. The van der Waals surface area contributed by atoms with E-state index in [0.717, 1.165) is 43.9 Å². The second-order valence-electron chi connectivity index (χ2n) is 5.69. The number of amides is 1. The molecule has 2 aromatic carbocycles. The van der Waals surface area contributed by atoms with Gasteiger partial charge in [0.05, 0.1) is 0 Å². The molecule has 0 aliphatic carbocycles. The Morgan fingerprint density at radius 2 is 1.78 bits per heavy atom. The zero-order valence-electron chi connectivity index (χ0n) is 13.2. The third-order valence-corrected chi connectivity index (χ3v) is 5.06. The van der Waals surface area contributed by atoms with Crippen molar-refractivity contribution in [2.45, 2.75) is 17.1 Å². The SMILES string of the molecule is O=C(c1ccc(SCc2ccccc2)cc1)N1CCCNCC1. The molecule has 0 unspecified atom stereocenters. The zero-order valence-corrected chi connectivity index (χ0v) is 14.0. The summed E-state index contributed by atoms with van der Waals surface area (Å²) in [6.45, 7) is 3.52. The van der Waals surface area contributed by atoms with Crippen molar-refractivity contribution >= 4 is 17.7 Å². The fraction of sp³-hybridized carbons (Fsp3) is 0.316. The highest BCUT2D eigenvalue weighted by Gasteiger charge is 2.16. The van der Waals surface area contributed by atoms with Crippen LogP contribution in [0.3, 0.4) is 0 Å². The first-order chi connectivity index (χ1) is 11.3. The van der Waals surface area contributed by atoms with Crippen molar-refractivity contribution in [2.75, 3.05) is 26.2 Å². The largest absolute Gasteiger partial charge is 0.337 e. The molecule has 3 nitrogen and oxygen atoms in total. The highest BCUT2D eigenvalue weighted by molar-refractivity contribution is 7.98. The average Bonchev–Trinajstić information content (AvgIpc) is 2.90. The van der Waals surface area contributed by atoms with E-state index in [2.05, 4.69) is 41.7 Å². The Morgan fingerprint density at radius 1 is 1.00 bits per heavy atom. The first-order valence-corrected chi connectivity index (χ1v) is 9.08. The number of rotatable bonds is 4. The van der Waals surface area contributed by atoms with Crippen LogP contribution >= 0.6 is 11.8 Å². The fourth-order valence-electron chi connectivity index (χ4n) is 2.67. The molecule has 3 rings (SSSR count). The van der Waals surface area contributed by atoms with Crippen molar-refractivity contribution in [1.29, 1.82) is 0 Å². The molecule has 0 bridgehead atoms. The van der Waals surface area contributed by atoms with E-state index in [-0.39, 0.29) is 5.91 Å². The molecular formula is C19H22N2OS. The van der Waals surface area contributed by atoms with Crippen molar-refractivity contribution in [3.05, 3.63) is 65.7 Å². The molecule has 120 valence electrons. The molecule has 1 fully saturated rings. The van der Waals surface area contributed by atoms with E-state index in [9.17, 15) is 4.79 Å². The van der Waals surface area contributed by atoms with Crippen LogP contribution in [-0.2, 0) is 5.75 Å². The van der Waals surface area contributed by atoms with Crippen molar-refractivity contribution < 1.29 is 4.79 Å². The van der Waals surface area contributed by atoms with Crippen LogP contribution in [0.15, 0.2) is 59.5 Å². The topological polar surface area (TPSA) is 32.3 Å². The number of nitrogens with one attached hydrogen (secondary N) is 1. The predicted octanol–water partition coefficient (Wildman–Crippen LogP) is 3.41. The van der Waals surface area contributed by atoms with E-state index in [1.807, 2.05) is 23.1 Å². The summed E-state index contributed by atoms with van der Waals surface area (Å²) in [4.78, 5) is 15.7. The highest BCUT2D eigenvalue weighted by Crippen LogP contribution is 2.23. The van der Waals surface area contributed by atoms with Gasteiger partial charge in [-0.2, -0.15) is 0 Å². The Hall–Kier alpha value is -1.78. The Bertz CT molecular complexity index is 620. The highest BCUT2D eigenvalue weighted by atomic mass is 32.2. The van der Waals surface area contributed by atoms with E-state index in [1.165, 1.54) is 10.5 Å². The van der Waals surface area contributed by atoms with Gasteiger partial charge < -0.3 is 10.2 Å². The summed E-state index contributed by atoms with van der Waals surface area (Å²) in [5.41, 5.74) is 2.10. The summed E-state index contributed by atoms with van der Waals surface area (Å²) in [5, 5.41) is 3.33. The van der Waals surface area contributed by atoms with Gasteiger partial charge in [-0.25, -0.2) is 0 Å². The second kappa shape index (κ2) is 8.18. The van der Waals surface area contributed by atoms with Gasteiger partial charge in [0.1, 0.15) is 0 Å². The molecule has 0 aromatic heterocycles. The van der Waals surface area contributed by atoms with E-state index in [1.54, 1.807) is 11.8 Å². The minimum Gasteiger partial charge on any atom is -0.337 e. The van der Waals surface area contributed by atoms with Gasteiger partial charge in [0.25, 0.3) is 5.91 Å². The van der Waals surface area contributed by atoms with Gasteiger partial charge in [0.2, 0.25) is 0 Å². The van der Waals surface area contributed by atoms with E-state index in [4.69, 9.17) is 0 Å². The Morgan fingerprint density at radius 3 is 2.57 bits per heavy atom. The van der Waals surface area contributed by atoms with E-state index in [0.29, 0.717) is 0 Å². The van der Waals surface area contributed by atoms with Gasteiger partial charge in [0.15, 0.2) is 0 Å². The smallest absolute Gasteiger partial charge is 0.253 e. The molecule has 23 heavy (non-hydrogen) atoms. The van der Waals surface area contributed by atoms with Crippen molar-refractivity contribution in [2.24, 2.45) is 0 Å². The quantitative estimate of drug-likeness (QED) is 0.874. The molecule has 0 radical (unpaired) electrons. The van der Waals surface area contributed by atoms with Gasteiger partial charge in [-0.1, -0.05) is 30.3 Å². The van der Waals surface area contributed by atoms with Crippen LogP contribution < -0.4 is 5.32 Å². The third-order valence-electron chi connectivity index (χ3n) is 3.98. The molecule has 1 aliphatic rings. The Balaban J connectivity index is 1.59. The molecular weight excluding hydrogens is 304 g/mol. The van der Waals surface area contributed by atoms with Gasteiger partial charge in [-0.15, -0.1) is 11.8 Å². The van der Waals surface area contributed by atoms with Crippen LogP contribution in [0, 0.1) is 0 Å². The van der Waals surface area contributed by atoms with Gasteiger partial charge in [-0.3, -0.25) is 4.79 Å². The molecule has 4 heteroatoms. The van der Waals surface area contributed by atoms with E-state index < -0.39 is 0 Å². The van der Waals surface area contributed by atoms with Crippen molar-refractivity contribution in [1.82, 2.24) is 10.2 Å². The summed E-state index contributed by atoms with van der Waals surface area (Å²) in [7, 11) is 0. The van der Waals surface area contributed by atoms with Crippen molar-refractivity contribution in [3.63, 3.8) is 0 Å². The number of hydrogen-bond acceptors (Lipinski definition) is 3. The number of nitrogens with zero attached hydrogens (tertiary/aromatic N) is 1. The summed E-state index contributed by atoms with van der Waals surface area (Å²) in [6, 6.07) is 18.4. The number of carbonyl (C=O) groups excluding carboxylic acids is 1. The lowest BCUT2D eigenvalue weighted by atomic mass is 10.2. The Labute approximate surface area is 142 Å². The van der Waals surface area contributed by atoms with Gasteiger partial charge in [0, 0.05) is 35.8 Å². The van der Waals surface area contributed by atoms with Gasteiger partial charge >= 0.3 is 0 Å². The molecule has 1 saturated heterocycles. The maximum atomic E-state index is 12.5. The predicted molar refractivity (Wildman–Crippen MR) is 95.8 cm³/mol. The molecule has 2 aromatic rings. The number of hydrogen-bond donors (Lipinski definition) is 1. The minimum atomic E-state index is 0.147. The lowest BCUT2D eigenvalue weighted by Crippen LogP contribution is -2.34. The van der Waals surface area contributed by atoms with Crippen LogP contribution in [0.4, 0.5) is 0 Å². The van der Waals surface area contributed by atoms with Crippen LogP contribution in [0.1, 0.15) is 22.3 Å². The standard InChI is InChI=1S/C19H22N2OS/c22-19(21-13-4-11-20-12-14-21)17-7-9-18(10-8-17)23-15-16-5-2-1-3-6-16/h1-3,5-10,20H,4,11-15H2. The monoisotopic (exact) mass is 326 g/mol. The summed E-state index contributed by atoms with van der Waals surface area (Å²) < 4.78 is 0. The lowest BCUT2D eigenvalue weighted by molar-refractivity contribution is 0.0766. The first kappa shape index (κ1) is 16.1. The van der Waals surface area contributed by atoms with Crippen LogP contribution in [0.5, 0.6) is 0 Å². The molecule has 1 amide bonds. The fourth-order valence-corrected chi connectivity index (χ4v) is 3.52. The molecule has 0 spiro atoms. The normalized spacial score (nSPS) is 15.2. The third kappa shape index (κ3) is 4.60. The minimum absolute atomic E-state index is 0.147. The van der Waals surface area contributed by atoms with E-state index >= 15 is 0 Å². The summed E-state index contributed by atoms with van der Waals surface area (Å²) in [6.07, 6.45) is 1.02. The molecule has 1 heterocycles. The van der Waals surface area contributed by atoms with Crippen LogP contribution in [-0.4, -0.2) is 37.0 Å². The average molecular weight is 326 g/mol. The molecule has 0 saturated carbocycles. The van der Waals surface area contributed by atoms with Gasteiger partial charge in [-0.05, 0) is 42.8 Å². The first-order valence-electron chi connectivity index (χ1n) is 8.10. The molecule has 1 N–H and O–H groups in total. The second-order valence-corrected chi connectivity index (χ2v) is 6.74.